The number of phenolic OH excluding ortho intramolecular Hbond substituents is 1. The molecule has 0 saturated carbocycles. The van der Waals surface area contributed by atoms with Gasteiger partial charge in [0.25, 0.3) is 0 Å². The zero-order valence-electron chi connectivity index (χ0n) is 10.6. The molecule has 0 heterocycles. The number of anilines is 1. The number of nitriles is 2. The summed E-state index contributed by atoms with van der Waals surface area (Å²) in [6, 6.07) is 11.4. The van der Waals surface area contributed by atoms with Crippen LogP contribution in [0.4, 0.5) is 10.1 Å². The van der Waals surface area contributed by atoms with Gasteiger partial charge in [-0.2, -0.15) is 10.5 Å². The van der Waals surface area contributed by atoms with Crippen molar-refractivity contribution in [3.05, 3.63) is 58.4 Å². The third kappa shape index (κ3) is 3.05. The predicted octanol–water partition coefficient (Wildman–Crippen LogP) is 3.73. The topological polar surface area (TPSA) is 79.8 Å². The van der Waals surface area contributed by atoms with Gasteiger partial charge >= 0.3 is 0 Å². The van der Waals surface area contributed by atoms with Gasteiger partial charge in [-0.25, -0.2) is 4.39 Å². The van der Waals surface area contributed by atoms with Crippen molar-refractivity contribution in [3.8, 4) is 17.9 Å². The number of hydrogen-bond acceptors (Lipinski definition) is 4. The quantitative estimate of drug-likeness (QED) is 0.905. The molecular formula is C15H9ClFN3O. The Labute approximate surface area is 125 Å². The van der Waals surface area contributed by atoms with E-state index in [2.05, 4.69) is 5.32 Å². The fraction of sp³-hybridized carbons (Fsp3) is 0.0667. The fourth-order valence-corrected chi connectivity index (χ4v) is 2.00. The Morgan fingerprint density at radius 1 is 1.24 bits per heavy atom. The summed E-state index contributed by atoms with van der Waals surface area (Å²) in [5, 5.41) is 30.8. The van der Waals surface area contributed by atoms with Gasteiger partial charge in [0.05, 0.1) is 16.7 Å². The summed E-state index contributed by atoms with van der Waals surface area (Å²) in [5.74, 6) is -0.822. The average molecular weight is 302 g/mol. The number of halogens is 2. The minimum atomic E-state index is -0.903. The van der Waals surface area contributed by atoms with Gasteiger partial charge in [0, 0.05) is 11.3 Å². The molecule has 0 radical (unpaired) electrons. The van der Waals surface area contributed by atoms with Crippen LogP contribution in [-0.2, 0) is 0 Å². The molecule has 2 N–H and O–H groups in total. The lowest BCUT2D eigenvalue weighted by atomic mass is 10.0. The molecule has 0 spiro atoms. The molecule has 1 atom stereocenters. The van der Waals surface area contributed by atoms with Gasteiger partial charge in [0.15, 0.2) is 0 Å². The number of para-hydroxylation sites is 1. The Hall–Kier alpha value is -2.76. The fourth-order valence-electron chi connectivity index (χ4n) is 1.82. The molecule has 0 aromatic heterocycles. The van der Waals surface area contributed by atoms with E-state index in [0.717, 1.165) is 0 Å². The maximum absolute atomic E-state index is 13.1. The summed E-state index contributed by atoms with van der Waals surface area (Å²) < 4.78 is 13.1. The van der Waals surface area contributed by atoms with Crippen molar-refractivity contribution < 1.29 is 9.50 Å². The highest BCUT2D eigenvalue weighted by Crippen LogP contribution is 2.30. The molecule has 0 aliphatic heterocycles. The molecule has 2 aromatic rings. The van der Waals surface area contributed by atoms with Crippen molar-refractivity contribution >= 4 is 17.3 Å². The first kappa shape index (κ1) is 14.6. The van der Waals surface area contributed by atoms with Crippen LogP contribution < -0.4 is 5.32 Å². The molecule has 6 heteroatoms. The minimum Gasteiger partial charge on any atom is -0.506 e. The maximum Gasteiger partial charge on any atom is 0.143 e. The van der Waals surface area contributed by atoms with Crippen LogP contribution in [-0.4, -0.2) is 5.11 Å². The molecule has 2 rings (SSSR count). The van der Waals surface area contributed by atoms with E-state index in [0.29, 0.717) is 5.69 Å². The van der Waals surface area contributed by atoms with Crippen LogP contribution in [0.5, 0.6) is 5.75 Å². The second-order valence-corrected chi connectivity index (χ2v) is 4.60. The highest BCUT2D eigenvalue weighted by Gasteiger charge is 2.17. The van der Waals surface area contributed by atoms with E-state index in [1.54, 1.807) is 6.07 Å². The zero-order valence-corrected chi connectivity index (χ0v) is 11.4. The lowest BCUT2D eigenvalue weighted by molar-refractivity contribution is 0.465. The van der Waals surface area contributed by atoms with Crippen molar-refractivity contribution in [1.29, 1.82) is 10.5 Å². The first-order valence-electron chi connectivity index (χ1n) is 5.90. The Morgan fingerprint density at radius 2 is 2.00 bits per heavy atom. The predicted molar refractivity (Wildman–Crippen MR) is 76.2 cm³/mol. The number of hydrogen-bond donors (Lipinski definition) is 2. The largest absolute Gasteiger partial charge is 0.506 e. The van der Waals surface area contributed by atoms with Crippen LogP contribution in [0.25, 0.3) is 0 Å². The second-order valence-electron chi connectivity index (χ2n) is 4.19. The molecule has 2 aromatic carbocycles. The summed E-state index contributed by atoms with van der Waals surface area (Å²) in [6.07, 6.45) is 0. The monoisotopic (exact) mass is 301 g/mol. The molecule has 21 heavy (non-hydrogen) atoms. The Kier molecular flexibility index (Phi) is 4.27. The molecule has 0 amide bonds. The molecule has 0 bridgehead atoms. The maximum atomic E-state index is 13.1. The third-order valence-corrected chi connectivity index (χ3v) is 3.15. The van der Waals surface area contributed by atoms with Crippen molar-refractivity contribution in [2.24, 2.45) is 0 Å². The van der Waals surface area contributed by atoms with E-state index in [1.807, 2.05) is 12.1 Å². The zero-order chi connectivity index (χ0) is 15.4. The van der Waals surface area contributed by atoms with Gasteiger partial charge in [0.1, 0.15) is 23.7 Å². The minimum absolute atomic E-state index is 0.0756. The van der Waals surface area contributed by atoms with Crippen LogP contribution in [0, 0.1) is 28.5 Å². The van der Waals surface area contributed by atoms with Gasteiger partial charge < -0.3 is 10.4 Å². The first-order chi connectivity index (χ1) is 10.1. The molecule has 0 saturated heterocycles. The number of rotatable bonds is 3. The Balaban J connectivity index is 2.35. The third-order valence-electron chi connectivity index (χ3n) is 2.86. The van der Waals surface area contributed by atoms with Crippen LogP contribution in [0.15, 0.2) is 36.4 Å². The van der Waals surface area contributed by atoms with E-state index in [1.165, 1.54) is 30.3 Å². The second kappa shape index (κ2) is 6.13. The molecule has 1 unspecified atom stereocenters. The SMILES string of the molecule is N#Cc1cccc(C(C#N)Nc2ccc(F)c(Cl)c2)c1O. The smallest absolute Gasteiger partial charge is 0.143 e. The van der Waals surface area contributed by atoms with Gasteiger partial charge in [-0.1, -0.05) is 23.7 Å². The van der Waals surface area contributed by atoms with Crippen LogP contribution >= 0.6 is 11.6 Å². The normalized spacial score (nSPS) is 11.2. The summed E-state index contributed by atoms with van der Waals surface area (Å²) in [6.45, 7) is 0. The molecule has 4 nitrogen and oxygen atoms in total. The van der Waals surface area contributed by atoms with Gasteiger partial charge in [0.2, 0.25) is 0 Å². The van der Waals surface area contributed by atoms with Gasteiger partial charge in [-0.3, -0.25) is 0 Å². The van der Waals surface area contributed by atoms with Crippen molar-refractivity contribution in [1.82, 2.24) is 0 Å². The highest BCUT2D eigenvalue weighted by molar-refractivity contribution is 6.31. The lowest BCUT2D eigenvalue weighted by Crippen LogP contribution is -2.09. The summed E-state index contributed by atoms with van der Waals surface area (Å²) >= 11 is 5.68. The first-order valence-corrected chi connectivity index (χ1v) is 6.27. The molecule has 0 fully saturated rings. The molecule has 0 aliphatic rings. The Bertz CT molecular complexity index is 764. The standard InChI is InChI=1S/C15H9ClFN3O/c16-12-6-10(4-5-13(12)17)20-14(8-19)11-3-1-2-9(7-18)15(11)21/h1-6,14,20-21H. The number of nitrogens with one attached hydrogen (secondary N) is 1. The van der Waals surface area contributed by atoms with Crippen LogP contribution in [0.1, 0.15) is 17.2 Å². The Morgan fingerprint density at radius 3 is 2.62 bits per heavy atom. The number of nitrogens with zero attached hydrogens (tertiary/aromatic N) is 2. The summed E-state index contributed by atoms with van der Waals surface area (Å²) in [7, 11) is 0. The average Bonchev–Trinajstić information content (AvgIpc) is 2.49. The van der Waals surface area contributed by atoms with E-state index >= 15 is 0 Å². The number of aromatic hydroxyl groups is 1. The van der Waals surface area contributed by atoms with Crippen LogP contribution in [0.3, 0.4) is 0 Å². The number of benzene rings is 2. The molecular weight excluding hydrogens is 293 g/mol. The highest BCUT2D eigenvalue weighted by atomic mass is 35.5. The van der Waals surface area contributed by atoms with E-state index < -0.39 is 11.9 Å². The van der Waals surface area contributed by atoms with E-state index in [-0.39, 0.29) is 21.9 Å². The van der Waals surface area contributed by atoms with Crippen molar-refractivity contribution in [2.45, 2.75) is 6.04 Å². The number of phenols is 1. The van der Waals surface area contributed by atoms with Gasteiger partial charge in [-0.15, -0.1) is 0 Å². The lowest BCUT2D eigenvalue weighted by Gasteiger charge is -2.15. The van der Waals surface area contributed by atoms with E-state index in [9.17, 15) is 14.8 Å². The van der Waals surface area contributed by atoms with Crippen molar-refractivity contribution in [2.75, 3.05) is 5.32 Å². The summed E-state index contributed by atoms with van der Waals surface area (Å²) in [4.78, 5) is 0. The molecule has 104 valence electrons. The van der Waals surface area contributed by atoms with Crippen LogP contribution in [0.2, 0.25) is 5.02 Å². The summed E-state index contributed by atoms with van der Waals surface area (Å²) in [5.41, 5.74) is 0.762. The van der Waals surface area contributed by atoms with E-state index in [4.69, 9.17) is 16.9 Å². The molecule has 0 aliphatic carbocycles. The van der Waals surface area contributed by atoms with Crippen molar-refractivity contribution in [3.63, 3.8) is 0 Å². The van der Waals surface area contributed by atoms with Gasteiger partial charge in [-0.05, 0) is 24.3 Å².